The zero-order valence-electron chi connectivity index (χ0n) is 13.8. The lowest BCUT2D eigenvalue weighted by atomic mass is 10.00. The second-order valence-electron chi connectivity index (χ2n) is 5.21. The maximum absolute atomic E-state index is 11.3. The summed E-state index contributed by atoms with van der Waals surface area (Å²) in [6.07, 6.45) is 0. The van der Waals surface area contributed by atoms with Gasteiger partial charge in [0, 0.05) is 19.6 Å². The fourth-order valence-corrected chi connectivity index (χ4v) is 3.13. The molecule has 1 unspecified atom stereocenters. The quantitative estimate of drug-likeness (QED) is 0.290. The van der Waals surface area contributed by atoms with Gasteiger partial charge in [-0.3, -0.25) is 0 Å². The van der Waals surface area contributed by atoms with Crippen LogP contribution in [0.2, 0.25) is 0 Å². The van der Waals surface area contributed by atoms with Crippen molar-refractivity contribution in [2.45, 2.75) is 26.4 Å². The molecule has 0 aliphatic rings. The lowest BCUT2D eigenvalue weighted by Crippen LogP contribution is -2.42. The molecule has 0 amide bonds. The predicted octanol–water partition coefficient (Wildman–Crippen LogP) is 0.450. The van der Waals surface area contributed by atoms with Crippen LogP contribution in [0, 0.1) is 0 Å². The van der Waals surface area contributed by atoms with E-state index in [2.05, 4.69) is 20.3 Å². The van der Waals surface area contributed by atoms with Gasteiger partial charge in [0.05, 0.1) is 12.3 Å². The van der Waals surface area contributed by atoms with E-state index in [9.17, 15) is 13.5 Å². The molecule has 1 heterocycles. The summed E-state index contributed by atoms with van der Waals surface area (Å²) in [6.45, 7) is 6.82. The van der Waals surface area contributed by atoms with Gasteiger partial charge >= 0.3 is 0 Å². The van der Waals surface area contributed by atoms with Crippen molar-refractivity contribution in [1.29, 1.82) is 0 Å². The molecule has 1 rings (SSSR count). The molecule has 0 saturated carbocycles. The number of guanidine groups is 1. The summed E-state index contributed by atoms with van der Waals surface area (Å²) < 4.78 is 25.2. The van der Waals surface area contributed by atoms with Crippen molar-refractivity contribution in [2.75, 3.05) is 31.9 Å². The monoisotopic (exact) mass is 362 g/mol. The molecule has 7 nitrogen and oxygen atoms in total. The SMILES string of the molecule is CCNC(=NCC(C)(O)c1ccsc1)NCCNS(=O)(=O)CC. The minimum absolute atomic E-state index is 0.0602. The van der Waals surface area contributed by atoms with Crippen LogP contribution in [0.25, 0.3) is 0 Å². The van der Waals surface area contributed by atoms with Crippen LogP contribution in [0.15, 0.2) is 21.8 Å². The number of nitrogens with one attached hydrogen (secondary N) is 3. The third-order valence-corrected chi connectivity index (χ3v) is 5.24. The van der Waals surface area contributed by atoms with Gasteiger partial charge in [0.15, 0.2) is 5.96 Å². The topological polar surface area (TPSA) is 103 Å². The van der Waals surface area contributed by atoms with E-state index in [0.29, 0.717) is 19.0 Å². The molecule has 132 valence electrons. The Morgan fingerprint density at radius 1 is 1.35 bits per heavy atom. The average Bonchev–Trinajstić information content (AvgIpc) is 3.04. The highest BCUT2D eigenvalue weighted by molar-refractivity contribution is 7.89. The van der Waals surface area contributed by atoms with Crippen molar-refractivity contribution >= 4 is 27.3 Å². The van der Waals surface area contributed by atoms with Crippen LogP contribution in [0.3, 0.4) is 0 Å². The Labute approximate surface area is 142 Å². The number of hydrogen-bond acceptors (Lipinski definition) is 5. The molecule has 0 aromatic carbocycles. The smallest absolute Gasteiger partial charge is 0.211 e. The number of sulfonamides is 1. The van der Waals surface area contributed by atoms with Crippen molar-refractivity contribution in [1.82, 2.24) is 15.4 Å². The molecule has 0 radical (unpaired) electrons. The largest absolute Gasteiger partial charge is 0.383 e. The van der Waals surface area contributed by atoms with E-state index in [1.54, 1.807) is 13.8 Å². The van der Waals surface area contributed by atoms with Gasteiger partial charge in [0.2, 0.25) is 10.0 Å². The van der Waals surface area contributed by atoms with Crippen LogP contribution in [0.1, 0.15) is 26.3 Å². The Bertz CT molecular complexity index is 583. The summed E-state index contributed by atoms with van der Waals surface area (Å²) in [5.74, 6) is 0.601. The number of nitrogens with zero attached hydrogens (tertiary/aromatic N) is 1. The molecule has 1 aromatic heterocycles. The molecule has 0 saturated heterocycles. The highest BCUT2D eigenvalue weighted by atomic mass is 32.2. The maximum atomic E-state index is 11.3. The molecule has 0 spiro atoms. The van der Waals surface area contributed by atoms with Gasteiger partial charge < -0.3 is 15.7 Å². The standard InChI is InChI=1S/C14H26N4O3S2/c1-4-15-13(16-7-8-18-23(20,21)5-2)17-11-14(3,19)12-6-9-22-10-12/h6,9-10,18-19H,4-5,7-8,11H2,1-3H3,(H2,15,16,17). The van der Waals surface area contributed by atoms with E-state index in [1.807, 2.05) is 23.8 Å². The molecule has 0 aliphatic carbocycles. The Balaban J connectivity index is 2.53. The van der Waals surface area contributed by atoms with Gasteiger partial charge in [0.1, 0.15) is 5.60 Å². The van der Waals surface area contributed by atoms with Crippen LogP contribution in [-0.2, 0) is 15.6 Å². The fraction of sp³-hybridized carbons (Fsp3) is 0.643. The Hall–Kier alpha value is -1.16. The fourth-order valence-electron chi connectivity index (χ4n) is 1.73. The lowest BCUT2D eigenvalue weighted by Gasteiger charge is -2.21. The van der Waals surface area contributed by atoms with E-state index >= 15 is 0 Å². The second-order valence-corrected chi connectivity index (χ2v) is 8.08. The van der Waals surface area contributed by atoms with Gasteiger partial charge in [-0.25, -0.2) is 18.1 Å². The molecular weight excluding hydrogens is 336 g/mol. The molecule has 23 heavy (non-hydrogen) atoms. The van der Waals surface area contributed by atoms with Crippen molar-refractivity contribution in [3.05, 3.63) is 22.4 Å². The van der Waals surface area contributed by atoms with Gasteiger partial charge in [-0.2, -0.15) is 11.3 Å². The first-order chi connectivity index (χ1) is 10.8. The first kappa shape index (κ1) is 19.9. The van der Waals surface area contributed by atoms with Crippen LogP contribution in [0.4, 0.5) is 0 Å². The van der Waals surface area contributed by atoms with Gasteiger partial charge in [-0.05, 0) is 43.2 Å². The average molecular weight is 363 g/mol. The minimum atomic E-state index is -3.18. The summed E-state index contributed by atoms with van der Waals surface area (Å²) in [7, 11) is -3.18. The summed E-state index contributed by atoms with van der Waals surface area (Å²) in [4.78, 5) is 4.37. The number of hydrogen-bond donors (Lipinski definition) is 4. The third kappa shape index (κ3) is 7.30. The van der Waals surface area contributed by atoms with Crippen molar-refractivity contribution in [3.63, 3.8) is 0 Å². The predicted molar refractivity (Wildman–Crippen MR) is 95.3 cm³/mol. The molecular formula is C14H26N4O3S2. The Morgan fingerprint density at radius 3 is 2.65 bits per heavy atom. The highest BCUT2D eigenvalue weighted by Gasteiger charge is 2.23. The first-order valence-electron chi connectivity index (χ1n) is 7.55. The zero-order valence-corrected chi connectivity index (χ0v) is 15.4. The Morgan fingerprint density at radius 2 is 2.09 bits per heavy atom. The van der Waals surface area contributed by atoms with Crippen molar-refractivity contribution in [3.8, 4) is 0 Å². The molecule has 0 aliphatic heterocycles. The van der Waals surface area contributed by atoms with Gasteiger partial charge in [-0.15, -0.1) is 0 Å². The van der Waals surface area contributed by atoms with Crippen LogP contribution < -0.4 is 15.4 Å². The van der Waals surface area contributed by atoms with Crippen LogP contribution in [-0.4, -0.2) is 51.4 Å². The zero-order chi connectivity index (χ0) is 17.3. The second kappa shape index (κ2) is 9.21. The van der Waals surface area contributed by atoms with Crippen molar-refractivity contribution in [2.24, 2.45) is 4.99 Å². The summed E-state index contributed by atoms with van der Waals surface area (Å²) in [5, 5.41) is 20.4. The van der Waals surface area contributed by atoms with Gasteiger partial charge in [-0.1, -0.05) is 0 Å². The van der Waals surface area contributed by atoms with Gasteiger partial charge in [0.25, 0.3) is 0 Å². The number of aliphatic imine (C=N–C) groups is 1. The van der Waals surface area contributed by atoms with Crippen LogP contribution in [0.5, 0.6) is 0 Å². The number of rotatable bonds is 9. The molecule has 9 heteroatoms. The molecule has 0 fully saturated rings. The minimum Gasteiger partial charge on any atom is -0.383 e. The van der Waals surface area contributed by atoms with Crippen LogP contribution >= 0.6 is 11.3 Å². The summed E-state index contributed by atoms with van der Waals surface area (Å²) in [5.41, 5.74) is -0.204. The summed E-state index contributed by atoms with van der Waals surface area (Å²) >= 11 is 1.53. The van der Waals surface area contributed by atoms with E-state index in [4.69, 9.17) is 0 Å². The highest BCUT2D eigenvalue weighted by Crippen LogP contribution is 2.23. The first-order valence-corrected chi connectivity index (χ1v) is 10.1. The molecule has 1 atom stereocenters. The van der Waals surface area contributed by atoms with E-state index in [0.717, 1.165) is 5.56 Å². The summed E-state index contributed by atoms with van der Waals surface area (Å²) in [6, 6.07) is 1.88. The van der Waals surface area contributed by atoms with E-state index < -0.39 is 15.6 Å². The molecule has 0 bridgehead atoms. The molecule has 4 N–H and O–H groups in total. The maximum Gasteiger partial charge on any atom is 0.211 e. The van der Waals surface area contributed by atoms with Crippen molar-refractivity contribution < 1.29 is 13.5 Å². The Kier molecular flexibility index (Phi) is 7.97. The molecule has 1 aromatic rings. The lowest BCUT2D eigenvalue weighted by molar-refractivity contribution is 0.0677. The van der Waals surface area contributed by atoms with E-state index in [-0.39, 0.29) is 18.8 Å². The number of thiophene rings is 1. The normalized spacial score (nSPS) is 15.2. The van der Waals surface area contributed by atoms with E-state index in [1.165, 1.54) is 11.3 Å². The number of aliphatic hydroxyl groups is 1. The third-order valence-electron chi connectivity index (χ3n) is 3.15.